The van der Waals surface area contributed by atoms with Crippen molar-refractivity contribution >= 4 is 17.4 Å². The monoisotopic (exact) mass is 258 g/mol. The van der Waals surface area contributed by atoms with Gasteiger partial charge in [-0.05, 0) is 17.9 Å². The maximum absolute atomic E-state index is 9.37. The average Bonchev–Trinajstić information content (AvgIpc) is 2.38. The molecular formula is C15H18N2S. The number of hydrogen-bond acceptors (Lipinski definition) is 3. The Morgan fingerprint density at radius 2 is 2.00 bits per heavy atom. The summed E-state index contributed by atoms with van der Waals surface area (Å²) in [5.41, 5.74) is 1.70. The first-order valence-electron chi connectivity index (χ1n) is 5.91. The highest BCUT2D eigenvalue weighted by molar-refractivity contribution is 7.99. The highest BCUT2D eigenvalue weighted by Crippen LogP contribution is 2.30. The van der Waals surface area contributed by atoms with Crippen LogP contribution in [0.3, 0.4) is 0 Å². The Hall–Kier alpha value is -1.66. The van der Waals surface area contributed by atoms with Crippen molar-refractivity contribution in [2.75, 3.05) is 23.7 Å². The van der Waals surface area contributed by atoms with Crippen LogP contribution in [-0.4, -0.2) is 18.8 Å². The lowest BCUT2D eigenvalue weighted by atomic mass is 10.1. The fourth-order valence-electron chi connectivity index (χ4n) is 1.75. The van der Waals surface area contributed by atoms with Gasteiger partial charge < -0.3 is 4.90 Å². The Kier molecular flexibility index (Phi) is 6.10. The van der Waals surface area contributed by atoms with Crippen LogP contribution in [0.2, 0.25) is 0 Å². The Labute approximate surface area is 114 Å². The van der Waals surface area contributed by atoms with E-state index in [4.69, 9.17) is 0 Å². The number of hydrogen-bond donors (Lipinski definition) is 0. The van der Waals surface area contributed by atoms with Crippen molar-refractivity contribution in [1.29, 1.82) is 5.26 Å². The third-order valence-corrected chi connectivity index (χ3v) is 3.40. The van der Waals surface area contributed by atoms with Crippen molar-refractivity contribution in [3.05, 3.63) is 49.1 Å². The molecule has 0 unspecified atom stereocenters. The van der Waals surface area contributed by atoms with Crippen LogP contribution in [-0.2, 0) is 0 Å². The van der Waals surface area contributed by atoms with Crippen LogP contribution in [0, 0.1) is 11.3 Å². The Balaban J connectivity index is 3.20. The van der Waals surface area contributed by atoms with Crippen LogP contribution in [0.1, 0.15) is 12.5 Å². The molecule has 0 aliphatic heterocycles. The lowest BCUT2D eigenvalue weighted by Crippen LogP contribution is -2.24. The molecule has 0 aliphatic carbocycles. The molecule has 0 saturated carbocycles. The third kappa shape index (κ3) is 3.41. The second-order valence-electron chi connectivity index (χ2n) is 3.68. The molecule has 0 bridgehead atoms. The molecule has 1 rings (SSSR count). The normalized spacial score (nSPS) is 9.56. The van der Waals surface area contributed by atoms with Crippen molar-refractivity contribution in [3.8, 4) is 6.07 Å². The molecule has 0 aliphatic rings. The van der Waals surface area contributed by atoms with Crippen LogP contribution in [0.15, 0.2) is 48.4 Å². The molecule has 0 heterocycles. The Bertz CT molecular complexity index is 450. The van der Waals surface area contributed by atoms with Crippen molar-refractivity contribution in [3.63, 3.8) is 0 Å². The number of nitrogens with zero attached hydrogens (tertiary/aromatic N) is 2. The van der Waals surface area contributed by atoms with E-state index in [2.05, 4.69) is 31.1 Å². The molecule has 0 N–H and O–H groups in total. The molecule has 0 radical (unpaired) electrons. The summed E-state index contributed by atoms with van der Waals surface area (Å²) in [5.74, 6) is 0.959. The van der Waals surface area contributed by atoms with E-state index >= 15 is 0 Å². The van der Waals surface area contributed by atoms with Gasteiger partial charge in [0.2, 0.25) is 0 Å². The Morgan fingerprint density at radius 3 is 2.50 bits per heavy atom. The maximum Gasteiger partial charge on any atom is 0.103 e. The summed E-state index contributed by atoms with van der Waals surface area (Å²) in [6, 6.07) is 8.28. The van der Waals surface area contributed by atoms with Gasteiger partial charge in [-0.25, -0.2) is 0 Å². The highest BCUT2D eigenvalue weighted by Gasteiger charge is 2.12. The zero-order valence-corrected chi connectivity index (χ0v) is 11.5. The third-order valence-electron chi connectivity index (χ3n) is 2.46. The summed E-state index contributed by atoms with van der Waals surface area (Å²) in [4.78, 5) is 3.13. The average molecular weight is 258 g/mol. The van der Waals surface area contributed by atoms with Gasteiger partial charge in [0, 0.05) is 18.0 Å². The van der Waals surface area contributed by atoms with Gasteiger partial charge in [-0.1, -0.05) is 25.1 Å². The predicted molar refractivity (Wildman–Crippen MR) is 80.2 cm³/mol. The second-order valence-corrected chi connectivity index (χ2v) is 4.98. The van der Waals surface area contributed by atoms with Crippen molar-refractivity contribution in [2.24, 2.45) is 0 Å². The van der Waals surface area contributed by atoms with Gasteiger partial charge in [-0.3, -0.25) is 0 Å². The lowest BCUT2D eigenvalue weighted by Gasteiger charge is -2.23. The van der Waals surface area contributed by atoms with Crippen LogP contribution in [0.5, 0.6) is 0 Å². The topological polar surface area (TPSA) is 27.0 Å². The summed E-state index contributed by atoms with van der Waals surface area (Å²) in [7, 11) is 0. The fraction of sp³-hybridized carbons (Fsp3) is 0.267. The standard InChI is InChI=1S/C15H18N2S/c1-4-10-17(11-5-2)14-8-7-9-15(18-6-3)13(14)12-16/h4-5,7-9H,1-2,6,10-11H2,3H3. The predicted octanol–water partition coefficient (Wildman–Crippen LogP) is 3.85. The van der Waals surface area contributed by atoms with Gasteiger partial charge in [0.15, 0.2) is 0 Å². The summed E-state index contributed by atoms with van der Waals surface area (Å²) in [6.07, 6.45) is 3.68. The van der Waals surface area contributed by atoms with E-state index in [1.54, 1.807) is 11.8 Å². The number of anilines is 1. The minimum atomic E-state index is 0.709. The van der Waals surface area contributed by atoms with E-state index in [1.807, 2.05) is 30.4 Å². The van der Waals surface area contributed by atoms with Crippen LogP contribution in [0.25, 0.3) is 0 Å². The minimum Gasteiger partial charge on any atom is -0.363 e. The number of benzene rings is 1. The van der Waals surface area contributed by atoms with E-state index in [0.717, 1.165) is 21.9 Å². The van der Waals surface area contributed by atoms with Crippen molar-refractivity contribution < 1.29 is 0 Å². The van der Waals surface area contributed by atoms with E-state index < -0.39 is 0 Å². The molecular weight excluding hydrogens is 240 g/mol. The first-order chi connectivity index (χ1) is 8.78. The summed E-state index contributed by atoms with van der Waals surface area (Å²) in [5, 5.41) is 9.37. The van der Waals surface area contributed by atoms with Crippen LogP contribution >= 0.6 is 11.8 Å². The smallest absolute Gasteiger partial charge is 0.103 e. The quantitative estimate of drug-likeness (QED) is 0.549. The van der Waals surface area contributed by atoms with Crippen molar-refractivity contribution in [2.45, 2.75) is 11.8 Å². The van der Waals surface area contributed by atoms with Crippen LogP contribution < -0.4 is 4.90 Å². The van der Waals surface area contributed by atoms with Gasteiger partial charge in [-0.15, -0.1) is 24.9 Å². The molecule has 0 atom stereocenters. The van der Waals surface area contributed by atoms with Gasteiger partial charge in [-0.2, -0.15) is 5.26 Å². The molecule has 0 fully saturated rings. The van der Waals surface area contributed by atoms with Gasteiger partial charge in [0.05, 0.1) is 11.3 Å². The summed E-state index contributed by atoms with van der Waals surface area (Å²) >= 11 is 1.69. The van der Waals surface area contributed by atoms with E-state index in [0.29, 0.717) is 13.1 Å². The van der Waals surface area contributed by atoms with E-state index in [1.165, 1.54) is 0 Å². The zero-order valence-electron chi connectivity index (χ0n) is 10.7. The molecule has 3 heteroatoms. The lowest BCUT2D eigenvalue weighted by molar-refractivity contribution is 0.949. The fourth-order valence-corrected chi connectivity index (χ4v) is 2.53. The van der Waals surface area contributed by atoms with E-state index in [-0.39, 0.29) is 0 Å². The molecule has 0 amide bonds. The first kappa shape index (κ1) is 14.4. The zero-order chi connectivity index (χ0) is 13.4. The molecule has 1 aromatic carbocycles. The molecule has 94 valence electrons. The highest BCUT2D eigenvalue weighted by atomic mass is 32.2. The van der Waals surface area contributed by atoms with Crippen LogP contribution in [0.4, 0.5) is 5.69 Å². The Morgan fingerprint density at radius 1 is 1.33 bits per heavy atom. The second kappa shape index (κ2) is 7.62. The van der Waals surface area contributed by atoms with Gasteiger partial charge in [0.1, 0.15) is 6.07 Å². The summed E-state index contributed by atoms with van der Waals surface area (Å²) < 4.78 is 0. The largest absolute Gasteiger partial charge is 0.363 e. The van der Waals surface area contributed by atoms with Gasteiger partial charge in [0.25, 0.3) is 0 Å². The number of nitriles is 1. The molecule has 2 nitrogen and oxygen atoms in total. The van der Waals surface area contributed by atoms with E-state index in [9.17, 15) is 5.26 Å². The minimum absolute atomic E-state index is 0.709. The molecule has 0 spiro atoms. The molecule has 18 heavy (non-hydrogen) atoms. The SMILES string of the molecule is C=CCN(CC=C)c1cccc(SCC)c1C#N. The molecule has 1 aromatic rings. The first-order valence-corrected chi connectivity index (χ1v) is 6.89. The maximum atomic E-state index is 9.37. The van der Waals surface area contributed by atoms with Crippen molar-refractivity contribution in [1.82, 2.24) is 0 Å². The molecule has 0 saturated heterocycles. The van der Waals surface area contributed by atoms with Gasteiger partial charge >= 0.3 is 0 Å². The number of thioether (sulfide) groups is 1. The summed E-state index contributed by atoms with van der Waals surface area (Å²) in [6.45, 7) is 11.0. The number of rotatable bonds is 7. The molecule has 0 aromatic heterocycles.